The Labute approximate surface area is 135 Å². The Morgan fingerprint density at radius 1 is 1.22 bits per heavy atom. The maximum atomic E-state index is 12.3. The summed E-state index contributed by atoms with van der Waals surface area (Å²) in [6.07, 6.45) is 3.68. The molecule has 0 atom stereocenters. The van der Waals surface area contributed by atoms with Crippen molar-refractivity contribution in [3.63, 3.8) is 0 Å². The number of unbranched alkanes of at least 4 members (excludes halogenated alkanes) is 1. The van der Waals surface area contributed by atoms with Crippen LogP contribution in [0.5, 0.6) is 0 Å². The highest BCUT2D eigenvalue weighted by Gasteiger charge is 2.07. The van der Waals surface area contributed by atoms with E-state index in [1.165, 1.54) is 10.9 Å². The summed E-state index contributed by atoms with van der Waals surface area (Å²) in [5.41, 5.74) is 0.506. The highest BCUT2D eigenvalue weighted by molar-refractivity contribution is 5.77. The first-order valence-corrected chi connectivity index (χ1v) is 7.90. The number of benzene rings is 1. The summed E-state index contributed by atoms with van der Waals surface area (Å²) >= 11 is 0. The Kier molecular flexibility index (Phi) is 6.75. The van der Waals surface area contributed by atoms with Crippen LogP contribution in [0.2, 0.25) is 0 Å². The summed E-state index contributed by atoms with van der Waals surface area (Å²) in [5.74, 6) is -0.343. The van der Waals surface area contributed by atoms with Crippen molar-refractivity contribution < 1.29 is 14.3 Å². The van der Waals surface area contributed by atoms with E-state index in [0.29, 0.717) is 24.1 Å². The van der Waals surface area contributed by atoms with Crippen LogP contribution in [0.15, 0.2) is 35.4 Å². The van der Waals surface area contributed by atoms with Crippen LogP contribution in [-0.2, 0) is 20.8 Å². The Morgan fingerprint density at radius 3 is 2.87 bits per heavy atom. The molecule has 0 amide bonds. The molecule has 2 rings (SSSR count). The number of aromatic nitrogens is 2. The van der Waals surface area contributed by atoms with Gasteiger partial charge in [0.25, 0.3) is 5.56 Å². The van der Waals surface area contributed by atoms with Crippen LogP contribution in [0.1, 0.15) is 26.2 Å². The average molecular weight is 318 g/mol. The molecule has 0 bridgehead atoms. The van der Waals surface area contributed by atoms with E-state index in [2.05, 4.69) is 11.9 Å². The molecule has 1 aromatic heterocycles. The standard InChI is InChI=1S/C17H22N2O4/c1-2-3-10-22-11-12-23-16(20)8-9-19-13-18-15-7-5-4-6-14(15)17(19)21/h4-7,13H,2-3,8-12H2,1H3. The molecule has 0 aliphatic heterocycles. The second-order valence-corrected chi connectivity index (χ2v) is 5.20. The zero-order valence-corrected chi connectivity index (χ0v) is 13.4. The van der Waals surface area contributed by atoms with Gasteiger partial charge in [0.2, 0.25) is 0 Å². The van der Waals surface area contributed by atoms with E-state index in [4.69, 9.17) is 9.47 Å². The van der Waals surface area contributed by atoms with E-state index in [0.717, 1.165) is 12.8 Å². The number of aryl methyl sites for hydroxylation is 1. The van der Waals surface area contributed by atoms with Gasteiger partial charge in [-0.05, 0) is 18.6 Å². The van der Waals surface area contributed by atoms with E-state index < -0.39 is 0 Å². The second-order valence-electron chi connectivity index (χ2n) is 5.20. The van der Waals surface area contributed by atoms with Gasteiger partial charge >= 0.3 is 5.97 Å². The number of fused-ring (bicyclic) bond motifs is 1. The lowest BCUT2D eigenvalue weighted by atomic mass is 10.2. The van der Waals surface area contributed by atoms with E-state index >= 15 is 0 Å². The number of para-hydroxylation sites is 1. The minimum Gasteiger partial charge on any atom is -0.463 e. The summed E-state index contributed by atoms with van der Waals surface area (Å²) in [6, 6.07) is 7.14. The molecule has 0 spiro atoms. The van der Waals surface area contributed by atoms with Gasteiger partial charge in [0.15, 0.2) is 0 Å². The smallest absolute Gasteiger partial charge is 0.307 e. The summed E-state index contributed by atoms with van der Waals surface area (Å²) < 4.78 is 11.8. The van der Waals surface area contributed by atoms with Gasteiger partial charge in [0, 0.05) is 13.2 Å². The van der Waals surface area contributed by atoms with Gasteiger partial charge < -0.3 is 9.47 Å². The normalized spacial score (nSPS) is 10.8. The molecular weight excluding hydrogens is 296 g/mol. The minimum atomic E-state index is -0.343. The number of nitrogens with zero attached hydrogens (tertiary/aromatic N) is 2. The molecule has 2 aromatic rings. The van der Waals surface area contributed by atoms with Gasteiger partial charge in [-0.3, -0.25) is 14.2 Å². The fourth-order valence-corrected chi connectivity index (χ4v) is 2.11. The topological polar surface area (TPSA) is 70.4 Å². The molecule has 0 saturated carbocycles. The molecule has 0 radical (unpaired) electrons. The highest BCUT2D eigenvalue weighted by atomic mass is 16.6. The SMILES string of the molecule is CCCCOCCOC(=O)CCn1cnc2ccccc2c1=O. The number of hydrogen-bond donors (Lipinski definition) is 0. The van der Waals surface area contributed by atoms with Crippen LogP contribution < -0.4 is 5.56 Å². The second kappa shape index (κ2) is 9.05. The fourth-order valence-electron chi connectivity index (χ4n) is 2.11. The number of hydrogen-bond acceptors (Lipinski definition) is 5. The van der Waals surface area contributed by atoms with Gasteiger partial charge in [-0.2, -0.15) is 0 Å². The molecule has 124 valence electrons. The van der Waals surface area contributed by atoms with Gasteiger partial charge in [-0.25, -0.2) is 4.98 Å². The average Bonchev–Trinajstić information content (AvgIpc) is 2.57. The Bertz CT molecular complexity index is 696. The number of carbonyl (C=O) groups is 1. The summed E-state index contributed by atoms with van der Waals surface area (Å²) in [4.78, 5) is 28.1. The Hall–Kier alpha value is -2.21. The van der Waals surface area contributed by atoms with Crippen molar-refractivity contribution in [1.82, 2.24) is 9.55 Å². The number of rotatable bonds is 9. The van der Waals surface area contributed by atoms with Gasteiger partial charge in [0.05, 0.1) is 30.3 Å². The molecule has 23 heavy (non-hydrogen) atoms. The molecule has 0 saturated heterocycles. The van der Waals surface area contributed by atoms with Crippen molar-refractivity contribution in [3.8, 4) is 0 Å². The molecule has 1 aromatic carbocycles. The molecule has 6 nitrogen and oxygen atoms in total. The molecule has 0 N–H and O–H groups in total. The van der Waals surface area contributed by atoms with Crippen LogP contribution in [0.3, 0.4) is 0 Å². The van der Waals surface area contributed by atoms with E-state index in [1.54, 1.807) is 18.2 Å². The Balaban J connectivity index is 1.78. The third kappa shape index (κ3) is 5.17. The zero-order valence-electron chi connectivity index (χ0n) is 13.4. The van der Waals surface area contributed by atoms with Crippen molar-refractivity contribution >= 4 is 16.9 Å². The summed E-state index contributed by atoms with van der Waals surface area (Å²) in [6.45, 7) is 3.68. The van der Waals surface area contributed by atoms with Crippen LogP contribution in [0.4, 0.5) is 0 Å². The first-order valence-electron chi connectivity index (χ1n) is 7.90. The van der Waals surface area contributed by atoms with Crippen molar-refractivity contribution in [2.45, 2.75) is 32.7 Å². The maximum Gasteiger partial charge on any atom is 0.307 e. The van der Waals surface area contributed by atoms with Crippen molar-refractivity contribution in [1.29, 1.82) is 0 Å². The largest absolute Gasteiger partial charge is 0.463 e. The minimum absolute atomic E-state index is 0.134. The van der Waals surface area contributed by atoms with E-state index in [-0.39, 0.29) is 31.1 Å². The third-order valence-electron chi connectivity index (χ3n) is 3.42. The molecule has 0 aliphatic carbocycles. The van der Waals surface area contributed by atoms with Crippen LogP contribution >= 0.6 is 0 Å². The molecular formula is C17H22N2O4. The third-order valence-corrected chi connectivity index (χ3v) is 3.42. The number of carbonyl (C=O) groups excluding carboxylic acids is 1. The highest BCUT2D eigenvalue weighted by Crippen LogP contribution is 2.05. The van der Waals surface area contributed by atoms with Gasteiger partial charge in [-0.15, -0.1) is 0 Å². The van der Waals surface area contributed by atoms with Crippen LogP contribution in [0, 0.1) is 0 Å². The first-order chi connectivity index (χ1) is 11.2. The van der Waals surface area contributed by atoms with E-state index in [9.17, 15) is 9.59 Å². The monoisotopic (exact) mass is 318 g/mol. The summed E-state index contributed by atoms with van der Waals surface area (Å²) in [5, 5.41) is 0.549. The molecule has 0 unspecified atom stereocenters. The van der Waals surface area contributed by atoms with Crippen molar-refractivity contribution in [3.05, 3.63) is 40.9 Å². The van der Waals surface area contributed by atoms with Crippen molar-refractivity contribution in [2.75, 3.05) is 19.8 Å². The summed E-state index contributed by atoms with van der Waals surface area (Å²) in [7, 11) is 0. The molecule has 0 aliphatic rings. The zero-order chi connectivity index (χ0) is 16.5. The number of ether oxygens (including phenoxy) is 2. The maximum absolute atomic E-state index is 12.3. The van der Waals surface area contributed by atoms with Crippen LogP contribution in [0.25, 0.3) is 10.9 Å². The first kappa shape index (κ1) is 17.1. The Morgan fingerprint density at radius 2 is 2.04 bits per heavy atom. The predicted molar refractivity (Wildman–Crippen MR) is 87.3 cm³/mol. The lowest BCUT2D eigenvalue weighted by Gasteiger charge is -2.07. The van der Waals surface area contributed by atoms with Gasteiger partial charge in [-0.1, -0.05) is 25.5 Å². The molecule has 0 fully saturated rings. The van der Waals surface area contributed by atoms with E-state index in [1.807, 2.05) is 6.07 Å². The number of esters is 1. The van der Waals surface area contributed by atoms with Crippen LogP contribution in [-0.4, -0.2) is 35.3 Å². The lowest BCUT2D eigenvalue weighted by molar-refractivity contribution is -0.145. The molecule has 6 heteroatoms. The quantitative estimate of drug-likeness (QED) is 0.523. The van der Waals surface area contributed by atoms with Gasteiger partial charge in [0.1, 0.15) is 6.61 Å². The molecule has 1 heterocycles. The van der Waals surface area contributed by atoms with Crippen molar-refractivity contribution in [2.24, 2.45) is 0 Å². The predicted octanol–water partition coefficient (Wildman–Crippen LogP) is 2.15. The lowest BCUT2D eigenvalue weighted by Crippen LogP contribution is -2.22. The fraction of sp³-hybridized carbons (Fsp3) is 0.471.